The van der Waals surface area contributed by atoms with E-state index in [0.717, 1.165) is 41.8 Å². The van der Waals surface area contributed by atoms with Crippen molar-refractivity contribution >= 4 is 11.3 Å². The fraction of sp³-hybridized carbons (Fsp3) is 0.615. The van der Waals surface area contributed by atoms with Gasteiger partial charge in [-0.05, 0) is 38.8 Å². The van der Waals surface area contributed by atoms with Gasteiger partial charge in [0.15, 0.2) is 0 Å². The summed E-state index contributed by atoms with van der Waals surface area (Å²) in [6.07, 6.45) is 2.13. The molecule has 0 unspecified atom stereocenters. The molecule has 2 rings (SSSR count). The van der Waals surface area contributed by atoms with Crippen LogP contribution in [-0.4, -0.2) is 26.5 Å². The lowest BCUT2D eigenvalue weighted by Gasteiger charge is -1.99. The smallest absolute Gasteiger partial charge is 0.233 e. The van der Waals surface area contributed by atoms with Gasteiger partial charge < -0.3 is 5.32 Å². The normalized spacial score (nSPS) is 11.2. The molecule has 0 amide bonds. The largest absolute Gasteiger partial charge is 0.310 e. The molecule has 19 heavy (non-hydrogen) atoms. The molecule has 104 valence electrons. The van der Waals surface area contributed by atoms with E-state index in [2.05, 4.69) is 41.4 Å². The molecule has 0 fully saturated rings. The molecule has 2 heterocycles. The molecule has 0 radical (unpaired) electrons. The summed E-state index contributed by atoms with van der Waals surface area (Å²) in [6, 6.07) is 0. The molecule has 0 atom stereocenters. The Hall–Kier alpha value is -1.27. The fourth-order valence-corrected chi connectivity index (χ4v) is 2.96. The number of rotatable bonds is 6. The van der Waals surface area contributed by atoms with E-state index in [-0.39, 0.29) is 0 Å². The van der Waals surface area contributed by atoms with Crippen LogP contribution < -0.4 is 5.32 Å². The first-order valence-corrected chi connectivity index (χ1v) is 7.57. The average Bonchev–Trinajstić information content (AvgIpc) is 2.95. The van der Waals surface area contributed by atoms with Gasteiger partial charge in [0.25, 0.3) is 0 Å². The Morgan fingerprint density at radius 1 is 1.21 bits per heavy atom. The molecule has 5 nitrogen and oxygen atoms in total. The summed E-state index contributed by atoms with van der Waals surface area (Å²) in [7, 11) is 0. The van der Waals surface area contributed by atoms with Crippen LogP contribution in [0.25, 0.3) is 5.13 Å². The zero-order valence-electron chi connectivity index (χ0n) is 12.0. The third-order valence-electron chi connectivity index (χ3n) is 3.14. The molecule has 6 heteroatoms. The maximum absolute atomic E-state index is 4.57. The molecular formula is C13H21N5S. The van der Waals surface area contributed by atoms with Crippen molar-refractivity contribution in [2.24, 2.45) is 0 Å². The summed E-state index contributed by atoms with van der Waals surface area (Å²) in [5.41, 5.74) is 3.56. The molecule has 0 bridgehead atoms. The zero-order valence-corrected chi connectivity index (χ0v) is 12.8. The Labute approximate surface area is 118 Å². The van der Waals surface area contributed by atoms with Gasteiger partial charge in [0.1, 0.15) is 5.01 Å². The Morgan fingerprint density at radius 3 is 2.63 bits per heavy atom. The minimum absolute atomic E-state index is 0.783. The van der Waals surface area contributed by atoms with Crippen molar-refractivity contribution in [1.29, 1.82) is 0 Å². The van der Waals surface area contributed by atoms with Crippen LogP contribution in [0.1, 0.15) is 42.2 Å². The Morgan fingerprint density at radius 2 is 2.00 bits per heavy atom. The van der Waals surface area contributed by atoms with Gasteiger partial charge >= 0.3 is 0 Å². The fourth-order valence-electron chi connectivity index (χ4n) is 2.15. The van der Waals surface area contributed by atoms with Gasteiger partial charge in [-0.15, -0.1) is 10.2 Å². The maximum Gasteiger partial charge on any atom is 0.233 e. The van der Waals surface area contributed by atoms with E-state index in [4.69, 9.17) is 0 Å². The van der Waals surface area contributed by atoms with Gasteiger partial charge in [-0.3, -0.25) is 0 Å². The second-order valence-corrected chi connectivity index (χ2v) is 5.61. The van der Waals surface area contributed by atoms with Crippen molar-refractivity contribution in [2.45, 2.75) is 47.1 Å². The van der Waals surface area contributed by atoms with Crippen LogP contribution >= 0.6 is 11.3 Å². The van der Waals surface area contributed by atoms with Gasteiger partial charge in [-0.25, -0.2) is 4.68 Å². The summed E-state index contributed by atoms with van der Waals surface area (Å²) in [5.74, 6) is 0. The molecule has 2 aromatic rings. The van der Waals surface area contributed by atoms with E-state index in [1.54, 1.807) is 11.3 Å². The van der Waals surface area contributed by atoms with Gasteiger partial charge in [-0.2, -0.15) is 5.10 Å². The standard InChI is InChI=1S/C13H21N5S/c1-5-7-14-8-12-15-16-13(19-12)18-10(4)11(6-2)9(3)17-18/h14H,5-8H2,1-4H3. The topological polar surface area (TPSA) is 55.6 Å². The van der Waals surface area contributed by atoms with Crippen molar-refractivity contribution in [3.8, 4) is 5.13 Å². The highest BCUT2D eigenvalue weighted by Crippen LogP contribution is 2.20. The van der Waals surface area contributed by atoms with Crippen molar-refractivity contribution in [3.63, 3.8) is 0 Å². The van der Waals surface area contributed by atoms with Crippen molar-refractivity contribution in [3.05, 3.63) is 22.0 Å². The maximum atomic E-state index is 4.57. The van der Waals surface area contributed by atoms with Crippen molar-refractivity contribution in [1.82, 2.24) is 25.3 Å². The van der Waals surface area contributed by atoms with Crippen LogP contribution in [0.4, 0.5) is 0 Å². The molecule has 0 aromatic carbocycles. The lowest BCUT2D eigenvalue weighted by Crippen LogP contribution is -2.13. The van der Waals surface area contributed by atoms with Crippen LogP contribution in [0.15, 0.2) is 0 Å². The second-order valence-electron chi connectivity index (χ2n) is 4.57. The number of nitrogens with one attached hydrogen (secondary N) is 1. The molecule has 0 aliphatic heterocycles. The molecule has 0 saturated heterocycles. The monoisotopic (exact) mass is 279 g/mol. The van der Waals surface area contributed by atoms with Gasteiger partial charge in [0, 0.05) is 12.2 Å². The molecular weight excluding hydrogens is 258 g/mol. The lowest BCUT2D eigenvalue weighted by atomic mass is 10.1. The SMILES string of the molecule is CCCNCc1nnc(-n2nc(C)c(CC)c2C)s1. The highest BCUT2D eigenvalue weighted by Gasteiger charge is 2.14. The van der Waals surface area contributed by atoms with Crippen LogP contribution in [0.5, 0.6) is 0 Å². The lowest BCUT2D eigenvalue weighted by molar-refractivity contribution is 0.667. The molecule has 1 N–H and O–H groups in total. The molecule has 0 saturated carbocycles. The second kappa shape index (κ2) is 6.25. The summed E-state index contributed by atoms with van der Waals surface area (Å²) in [4.78, 5) is 0. The van der Waals surface area contributed by atoms with E-state index in [1.807, 2.05) is 11.6 Å². The number of aromatic nitrogens is 4. The van der Waals surface area contributed by atoms with E-state index < -0.39 is 0 Å². The third-order valence-corrected chi connectivity index (χ3v) is 4.03. The summed E-state index contributed by atoms with van der Waals surface area (Å²) < 4.78 is 1.91. The van der Waals surface area contributed by atoms with Crippen LogP contribution in [0, 0.1) is 13.8 Å². The predicted molar refractivity (Wildman–Crippen MR) is 77.9 cm³/mol. The first kappa shape index (κ1) is 14.1. The Balaban J connectivity index is 2.18. The van der Waals surface area contributed by atoms with Gasteiger partial charge in [-0.1, -0.05) is 25.2 Å². The Bertz CT molecular complexity index is 543. The highest BCUT2D eigenvalue weighted by molar-refractivity contribution is 7.13. The van der Waals surface area contributed by atoms with E-state index >= 15 is 0 Å². The molecule has 2 aromatic heterocycles. The minimum Gasteiger partial charge on any atom is -0.310 e. The van der Waals surface area contributed by atoms with Crippen LogP contribution in [0.3, 0.4) is 0 Å². The first-order valence-electron chi connectivity index (χ1n) is 6.75. The minimum atomic E-state index is 0.783. The zero-order chi connectivity index (χ0) is 13.8. The predicted octanol–water partition coefficient (Wildman–Crippen LogP) is 2.40. The van der Waals surface area contributed by atoms with Gasteiger partial charge in [0.2, 0.25) is 5.13 Å². The number of aryl methyl sites for hydroxylation is 1. The molecule has 0 aliphatic rings. The number of nitrogens with zero attached hydrogens (tertiary/aromatic N) is 4. The number of hydrogen-bond donors (Lipinski definition) is 1. The first-order chi connectivity index (χ1) is 9.17. The van der Waals surface area contributed by atoms with E-state index in [9.17, 15) is 0 Å². The molecule has 0 spiro atoms. The molecule has 0 aliphatic carbocycles. The van der Waals surface area contributed by atoms with Gasteiger partial charge in [0.05, 0.1) is 5.69 Å². The van der Waals surface area contributed by atoms with Crippen molar-refractivity contribution in [2.75, 3.05) is 6.54 Å². The number of hydrogen-bond acceptors (Lipinski definition) is 5. The summed E-state index contributed by atoms with van der Waals surface area (Å²) in [6.45, 7) is 10.2. The van der Waals surface area contributed by atoms with E-state index in [0.29, 0.717) is 0 Å². The summed E-state index contributed by atoms with van der Waals surface area (Å²) in [5, 5.41) is 18.2. The Kier molecular flexibility index (Phi) is 4.66. The van der Waals surface area contributed by atoms with Crippen LogP contribution in [-0.2, 0) is 13.0 Å². The van der Waals surface area contributed by atoms with Crippen molar-refractivity contribution < 1.29 is 0 Å². The average molecular weight is 279 g/mol. The quantitative estimate of drug-likeness (QED) is 0.825. The van der Waals surface area contributed by atoms with Crippen LogP contribution in [0.2, 0.25) is 0 Å². The highest BCUT2D eigenvalue weighted by atomic mass is 32.1. The van der Waals surface area contributed by atoms with E-state index in [1.165, 1.54) is 11.3 Å². The summed E-state index contributed by atoms with van der Waals surface area (Å²) >= 11 is 1.60. The third kappa shape index (κ3) is 3.01.